The van der Waals surface area contributed by atoms with E-state index >= 15 is 0 Å². The molecule has 0 unspecified atom stereocenters. The summed E-state index contributed by atoms with van der Waals surface area (Å²) in [5, 5.41) is 10.2. The Labute approximate surface area is 120 Å². The van der Waals surface area contributed by atoms with E-state index in [0.29, 0.717) is 11.1 Å². The van der Waals surface area contributed by atoms with E-state index in [1.54, 1.807) is 12.3 Å². The molecule has 4 nitrogen and oxygen atoms in total. The molecule has 0 amide bonds. The highest BCUT2D eigenvalue weighted by Crippen LogP contribution is 2.27. The lowest BCUT2D eigenvalue weighted by molar-refractivity contribution is 1.32. The molecular weight excluding hydrogens is 260 g/mol. The van der Waals surface area contributed by atoms with E-state index in [0.717, 1.165) is 27.8 Å². The van der Waals surface area contributed by atoms with Gasteiger partial charge in [-0.3, -0.25) is 4.98 Å². The topological polar surface area (TPSA) is 65.4 Å². The highest BCUT2D eigenvalue weighted by molar-refractivity contribution is 5.94. The lowest BCUT2D eigenvalue weighted by Gasteiger charge is -2.02. The average Bonchev–Trinajstić information content (AvgIpc) is 2.98. The van der Waals surface area contributed by atoms with E-state index in [2.05, 4.69) is 21.0 Å². The van der Waals surface area contributed by atoms with Gasteiger partial charge in [0.05, 0.1) is 16.6 Å². The van der Waals surface area contributed by atoms with Crippen molar-refractivity contribution in [3.63, 3.8) is 0 Å². The highest BCUT2D eigenvalue weighted by atomic mass is 14.9. The first kappa shape index (κ1) is 11.6. The summed E-state index contributed by atoms with van der Waals surface area (Å²) < 4.78 is 0. The van der Waals surface area contributed by atoms with Crippen LogP contribution in [0.2, 0.25) is 0 Å². The summed E-state index contributed by atoms with van der Waals surface area (Å²) in [5.74, 6) is 0.756. The number of aromatic amines is 1. The summed E-state index contributed by atoms with van der Waals surface area (Å²) >= 11 is 0. The van der Waals surface area contributed by atoms with Crippen LogP contribution in [0.5, 0.6) is 0 Å². The molecule has 0 aliphatic heterocycles. The number of nitrogens with one attached hydrogen (secondary N) is 1. The van der Waals surface area contributed by atoms with Crippen molar-refractivity contribution in [2.75, 3.05) is 0 Å². The van der Waals surface area contributed by atoms with Crippen molar-refractivity contribution < 1.29 is 0 Å². The normalized spacial score (nSPS) is 10.8. The number of nitriles is 1. The van der Waals surface area contributed by atoms with E-state index in [-0.39, 0.29) is 0 Å². The molecule has 0 atom stereocenters. The average molecular weight is 270 g/mol. The van der Waals surface area contributed by atoms with Crippen LogP contribution in [0.1, 0.15) is 5.56 Å². The minimum Gasteiger partial charge on any atom is -0.338 e. The third-order valence-corrected chi connectivity index (χ3v) is 3.54. The summed E-state index contributed by atoms with van der Waals surface area (Å²) in [6.45, 7) is 0. The van der Waals surface area contributed by atoms with Crippen LogP contribution in [-0.4, -0.2) is 15.0 Å². The fraction of sp³-hybridized carbons (Fsp3) is 0. The second-order valence-electron chi connectivity index (χ2n) is 4.77. The first-order chi connectivity index (χ1) is 10.4. The number of fused-ring (bicyclic) bond motifs is 2. The van der Waals surface area contributed by atoms with Gasteiger partial charge in [0, 0.05) is 17.1 Å². The first-order valence-electron chi connectivity index (χ1n) is 6.60. The standard InChI is InChI=1S/C17H10N4/c18-10-11-4-3-7-15-16(11)21-17(20-15)13-8-9-19-14-6-2-1-5-12(13)14/h1-9H,(H,20,21). The molecule has 0 bridgehead atoms. The third kappa shape index (κ3) is 1.76. The largest absolute Gasteiger partial charge is 0.338 e. The van der Waals surface area contributed by atoms with E-state index in [4.69, 9.17) is 0 Å². The van der Waals surface area contributed by atoms with Gasteiger partial charge in [0.25, 0.3) is 0 Å². The quantitative estimate of drug-likeness (QED) is 0.574. The molecule has 2 aromatic heterocycles. The molecule has 0 aliphatic rings. The van der Waals surface area contributed by atoms with Gasteiger partial charge in [0.2, 0.25) is 0 Å². The summed E-state index contributed by atoms with van der Waals surface area (Å²) in [7, 11) is 0. The molecule has 1 N–H and O–H groups in total. The fourth-order valence-electron chi connectivity index (χ4n) is 2.55. The van der Waals surface area contributed by atoms with Crippen molar-refractivity contribution in [3.8, 4) is 17.5 Å². The zero-order valence-corrected chi connectivity index (χ0v) is 11.0. The SMILES string of the molecule is N#Cc1cccc2[nH]c(-c3ccnc4ccccc34)nc12. The van der Waals surface area contributed by atoms with Crippen molar-refractivity contribution >= 4 is 21.9 Å². The maximum Gasteiger partial charge on any atom is 0.139 e. The number of imidazole rings is 1. The number of nitrogens with zero attached hydrogens (tertiary/aromatic N) is 3. The Kier molecular flexibility index (Phi) is 2.45. The van der Waals surface area contributed by atoms with Crippen molar-refractivity contribution in [3.05, 3.63) is 60.3 Å². The molecule has 4 rings (SSSR count). The predicted octanol–water partition coefficient (Wildman–Crippen LogP) is 3.65. The number of para-hydroxylation sites is 2. The summed E-state index contributed by atoms with van der Waals surface area (Å²) in [6, 6.07) is 17.6. The maximum atomic E-state index is 9.17. The Morgan fingerprint density at radius 2 is 1.90 bits per heavy atom. The lowest BCUT2D eigenvalue weighted by Crippen LogP contribution is -1.85. The summed E-state index contributed by atoms with van der Waals surface area (Å²) in [5.41, 5.74) is 4.06. The Morgan fingerprint density at radius 3 is 2.81 bits per heavy atom. The molecule has 98 valence electrons. The van der Waals surface area contributed by atoms with Gasteiger partial charge in [-0.15, -0.1) is 0 Å². The van der Waals surface area contributed by atoms with Crippen molar-refractivity contribution in [1.82, 2.24) is 15.0 Å². The predicted molar refractivity (Wildman–Crippen MR) is 81.5 cm³/mol. The number of rotatable bonds is 1. The Hall–Kier alpha value is -3.19. The zero-order chi connectivity index (χ0) is 14.2. The van der Waals surface area contributed by atoms with Crippen LogP contribution in [0.15, 0.2) is 54.7 Å². The minimum atomic E-state index is 0.577. The zero-order valence-electron chi connectivity index (χ0n) is 11.0. The number of aromatic nitrogens is 3. The molecule has 21 heavy (non-hydrogen) atoms. The fourth-order valence-corrected chi connectivity index (χ4v) is 2.55. The first-order valence-corrected chi connectivity index (χ1v) is 6.60. The molecule has 4 heteroatoms. The highest BCUT2D eigenvalue weighted by Gasteiger charge is 2.11. The van der Waals surface area contributed by atoms with Gasteiger partial charge < -0.3 is 4.98 Å². The van der Waals surface area contributed by atoms with E-state index in [1.807, 2.05) is 42.5 Å². The van der Waals surface area contributed by atoms with Gasteiger partial charge in [-0.2, -0.15) is 5.26 Å². The maximum absolute atomic E-state index is 9.17. The van der Waals surface area contributed by atoms with Crippen molar-refractivity contribution in [2.45, 2.75) is 0 Å². The Bertz CT molecular complexity index is 1000. The molecule has 0 fully saturated rings. The third-order valence-electron chi connectivity index (χ3n) is 3.54. The van der Waals surface area contributed by atoms with E-state index in [9.17, 15) is 5.26 Å². The monoisotopic (exact) mass is 270 g/mol. The van der Waals surface area contributed by atoms with Gasteiger partial charge in [0.15, 0.2) is 0 Å². The van der Waals surface area contributed by atoms with Gasteiger partial charge in [-0.25, -0.2) is 4.98 Å². The molecular formula is C17H10N4. The number of H-pyrrole nitrogens is 1. The van der Waals surface area contributed by atoms with Crippen LogP contribution in [0.4, 0.5) is 0 Å². The Balaban J connectivity index is 2.03. The number of benzene rings is 2. The van der Waals surface area contributed by atoms with Crippen molar-refractivity contribution in [2.24, 2.45) is 0 Å². The summed E-state index contributed by atoms with van der Waals surface area (Å²) in [6.07, 6.45) is 1.77. The second-order valence-corrected chi connectivity index (χ2v) is 4.77. The van der Waals surface area contributed by atoms with Crippen LogP contribution in [0, 0.1) is 11.3 Å². The molecule has 0 aliphatic carbocycles. The molecule has 0 saturated heterocycles. The number of hydrogen-bond acceptors (Lipinski definition) is 3. The summed E-state index contributed by atoms with van der Waals surface area (Å²) in [4.78, 5) is 12.2. The second kappa shape index (κ2) is 4.43. The van der Waals surface area contributed by atoms with Gasteiger partial charge in [-0.1, -0.05) is 24.3 Å². The Morgan fingerprint density at radius 1 is 1.00 bits per heavy atom. The van der Waals surface area contributed by atoms with Crippen LogP contribution in [0.25, 0.3) is 33.3 Å². The smallest absolute Gasteiger partial charge is 0.139 e. The molecule has 0 saturated carbocycles. The van der Waals surface area contributed by atoms with Gasteiger partial charge >= 0.3 is 0 Å². The minimum absolute atomic E-state index is 0.577. The van der Waals surface area contributed by atoms with Crippen LogP contribution in [0.3, 0.4) is 0 Å². The number of hydrogen-bond donors (Lipinski definition) is 1. The van der Waals surface area contributed by atoms with Crippen LogP contribution in [-0.2, 0) is 0 Å². The molecule has 2 aromatic carbocycles. The van der Waals surface area contributed by atoms with Crippen molar-refractivity contribution in [1.29, 1.82) is 5.26 Å². The van der Waals surface area contributed by atoms with E-state index < -0.39 is 0 Å². The molecule has 0 spiro atoms. The number of pyridine rings is 1. The van der Waals surface area contributed by atoms with Crippen LogP contribution < -0.4 is 0 Å². The molecule has 2 heterocycles. The molecule has 0 radical (unpaired) electrons. The van der Waals surface area contributed by atoms with Crippen LogP contribution >= 0.6 is 0 Å². The van der Waals surface area contributed by atoms with Gasteiger partial charge in [0.1, 0.15) is 17.4 Å². The lowest BCUT2D eigenvalue weighted by atomic mass is 10.1. The molecule has 4 aromatic rings. The van der Waals surface area contributed by atoms with E-state index in [1.165, 1.54) is 0 Å². The van der Waals surface area contributed by atoms with Gasteiger partial charge in [-0.05, 0) is 24.3 Å².